The zero-order chi connectivity index (χ0) is 23.9. The summed E-state index contributed by atoms with van der Waals surface area (Å²) in [5.41, 5.74) is 2.31. The van der Waals surface area contributed by atoms with Gasteiger partial charge in [0.1, 0.15) is 18.5 Å². The molecule has 3 aromatic rings. The fourth-order valence-corrected chi connectivity index (χ4v) is 4.03. The number of halogens is 1. The van der Waals surface area contributed by atoms with E-state index in [1.165, 1.54) is 12.1 Å². The molecule has 0 aromatic heterocycles. The summed E-state index contributed by atoms with van der Waals surface area (Å²) in [5, 5.41) is 9.66. The SMILES string of the molecule is COc1cc(C(=O)N2CCN([C@H](C#N)c3ccc(F)cc3)CC2)ccc1OCc1ccccc1. The third-order valence-corrected chi connectivity index (χ3v) is 5.92. The van der Waals surface area contributed by atoms with Gasteiger partial charge >= 0.3 is 0 Å². The molecule has 7 heteroatoms. The minimum Gasteiger partial charge on any atom is -0.493 e. The van der Waals surface area contributed by atoms with Gasteiger partial charge in [0.15, 0.2) is 11.5 Å². The van der Waals surface area contributed by atoms with Gasteiger partial charge < -0.3 is 14.4 Å². The van der Waals surface area contributed by atoms with Gasteiger partial charge in [-0.3, -0.25) is 9.69 Å². The third-order valence-electron chi connectivity index (χ3n) is 5.92. The van der Waals surface area contributed by atoms with Crippen LogP contribution in [0.5, 0.6) is 11.5 Å². The van der Waals surface area contributed by atoms with Crippen molar-refractivity contribution in [2.45, 2.75) is 12.6 Å². The predicted octanol–water partition coefficient (Wildman–Crippen LogP) is 4.44. The van der Waals surface area contributed by atoms with Crippen LogP contribution in [-0.2, 0) is 6.61 Å². The van der Waals surface area contributed by atoms with Gasteiger partial charge in [-0.15, -0.1) is 0 Å². The van der Waals surface area contributed by atoms with Crippen molar-refractivity contribution in [2.24, 2.45) is 0 Å². The number of nitrogens with zero attached hydrogens (tertiary/aromatic N) is 3. The first-order chi connectivity index (χ1) is 16.6. The van der Waals surface area contributed by atoms with Crippen molar-refractivity contribution in [3.63, 3.8) is 0 Å². The van der Waals surface area contributed by atoms with E-state index >= 15 is 0 Å². The molecule has 0 radical (unpaired) electrons. The molecule has 0 spiro atoms. The van der Waals surface area contributed by atoms with Crippen molar-refractivity contribution < 1.29 is 18.7 Å². The normalized spacial score (nSPS) is 14.8. The number of piperazine rings is 1. The Bertz CT molecular complexity index is 1150. The first kappa shape index (κ1) is 23.3. The van der Waals surface area contributed by atoms with E-state index in [0.717, 1.165) is 11.1 Å². The number of hydrogen-bond acceptors (Lipinski definition) is 5. The highest BCUT2D eigenvalue weighted by Gasteiger charge is 2.28. The highest BCUT2D eigenvalue weighted by atomic mass is 19.1. The largest absolute Gasteiger partial charge is 0.493 e. The van der Waals surface area contributed by atoms with E-state index in [9.17, 15) is 14.4 Å². The van der Waals surface area contributed by atoms with Gasteiger partial charge in [-0.05, 0) is 41.5 Å². The number of ether oxygens (including phenoxy) is 2. The lowest BCUT2D eigenvalue weighted by Gasteiger charge is -2.37. The Balaban J connectivity index is 1.38. The molecule has 1 amide bonds. The second kappa shape index (κ2) is 10.8. The molecule has 1 aliphatic heterocycles. The number of carbonyl (C=O) groups excluding carboxylic acids is 1. The summed E-state index contributed by atoms with van der Waals surface area (Å²) >= 11 is 0. The lowest BCUT2D eigenvalue weighted by Crippen LogP contribution is -2.49. The van der Waals surface area contributed by atoms with E-state index in [0.29, 0.717) is 49.8 Å². The molecule has 1 heterocycles. The molecular formula is C27H26FN3O3. The van der Waals surface area contributed by atoms with Crippen LogP contribution in [0, 0.1) is 17.1 Å². The molecule has 4 rings (SSSR count). The molecule has 6 nitrogen and oxygen atoms in total. The van der Waals surface area contributed by atoms with Crippen LogP contribution in [0.4, 0.5) is 4.39 Å². The van der Waals surface area contributed by atoms with E-state index in [4.69, 9.17) is 9.47 Å². The third kappa shape index (κ3) is 5.36. The Kier molecular flexibility index (Phi) is 7.41. The lowest BCUT2D eigenvalue weighted by atomic mass is 10.1. The van der Waals surface area contributed by atoms with E-state index in [1.54, 1.807) is 42.3 Å². The smallest absolute Gasteiger partial charge is 0.254 e. The number of carbonyl (C=O) groups is 1. The molecule has 0 saturated carbocycles. The molecule has 1 atom stereocenters. The average molecular weight is 460 g/mol. The molecular weight excluding hydrogens is 433 g/mol. The molecule has 174 valence electrons. The first-order valence-corrected chi connectivity index (χ1v) is 11.1. The number of amides is 1. The maximum atomic E-state index is 13.2. The first-order valence-electron chi connectivity index (χ1n) is 11.1. The maximum Gasteiger partial charge on any atom is 0.254 e. The Hall–Kier alpha value is -3.89. The van der Waals surface area contributed by atoms with Crippen molar-refractivity contribution in [1.29, 1.82) is 5.26 Å². The van der Waals surface area contributed by atoms with Crippen LogP contribution in [0.3, 0.4) is 0 Å². The Morgan fingerprint density at radius 1 is 1.00 bits per heavy atom. The van der Waals surface area contributed by atoms with Crippen LogP contribution in [0.2, 0.25) is 0 Å². The molecule has 1 aliphatic rings. The van der Waals surface area contributed by atoms with Crippen molar-refractivity contribution >= 4 is 5.91 Å². The van der Waals surface area contributed by atoms with E-state index in [2.05, 4.69) is 6.07 Å². The van der Waals surface area contributed by atoms with Crippen molar-refractivity contribution in [1.82, 2.24) is 9.80 Å². The summed E-state index contributed by atoms with van der Waals surface area (Å²) in [6.45, 7) is 2.49. The van der Waals surface area contributed by atoms with Gasteiger partial charge in [0.2, 0.25) is 0 Å². The van der Waals surface area contributed by atoms with Gasteiger partial charge in [0.05, 0.1) is 13.2 Å². The predicted molar refractivity (Wildman–Crippen MR) is 126 cm³/mol. The molecule has 1 fully saturated rings. The lowest BCUT2D eigenvalue weighted by molar-refractivity contribution is 0.0606. The average Bonchev–Trinajstić information content (AvgIpc) is 2.89. The van der Waals surface area contributed by atoms with Gasteiger partial charge in [0, 0.05) is 31.7 Å². The summed E-state index contributed by atoms with van der Waals surface area (Å²) in [6, 6.07) is 22.8. The zero-order valence-corrected chi connectivity index (χ0v) is 19.0. The number of hydrogen-bond donors (Lipinski definition) is 0. The van der Waals surface area contributed by atoms with Crippen LogP contribution in [-0.4, -0.2) is 49.0 Å². The van der Waals surface area contributed by atoms with Gasteiger partial charge in [-0.1, -0.05) is 42.5 Å². The minimum absolute atomic E-state index is 0.0946. The summed E-state index contributed by atoms with van der Waals surface area (Å²) in [6.07, 6.45) is 0. The van der Waals surface area contributed by atoms with Crippen LogP contribution < -0.4 is 9.47 Å². The second-order valence-electron chi connectivity index (χ2n) is 8.05. The van der Waals surface area contributed by atoms with Crippen molar-refractivity contribution in [2.75, 3.05) is 33.3 Å². The molecule has 34 heavy (non-hydrogen) atoms. The minimum atomic E-state index is -0.473. The summed E-state index contributed by atoms with van der Waals surface area (Å²) in [4.78, 5) is 16.9. The number of methoxy groups -OCH3 is 1. The van der Waals surface area contributed by atoms with Crippen LogP contribution >= 0.6 is 0 Å². The summed E-state index contributed by atoms with van der Waals surface area (Å²) in [5.74, 6) is 0.649. The monoisotopic (exact) mass is 459 g/mol. The van der Waals surface area contributed by atoms with Gasteiger partial charge in [-0.25, -0.2) is 4.39 Å². The molecule has 0 unspecified atom stereocenters. The fraction of sp³-hybridized carbons (Fsp3) is 0.259. The molecule has 0 N–H and O–H groups in total. The zero-order valence-electron chi connectivity index (χ0n) is 19.0. The van der Waals surface area contributed by atoms with E-state index in [-0.39, 0.29) is 11.7 Å². The van der Waals surface area contributed by atoms with Gasteiger partial charge in [0.25, 0.3) is 5.91 Å². The Morgan fingerprint density at radius 3 is 2.35 bits per heavy atom. The standard InChI is InChI=1S/C27H26FN3O3/c1-33-26-17-22(9-12-25(26)34-19-20-5-3-2-4-6-20)27(32)31-15-13-30(14-16-31)24(18-29)21-7-10-23(28)11-8-21/h2-12,17,24H,13-16,19H2,1H3/t24-/m1/s1. The van der Waals surface area contributed by atoms with Gasteiger partial charge in [-0.2, -0.15) is 5.26 Å². The highest BCUT2D eigenvalue weighted by molar-refractivity contribution is 5.95. The quantitative estimate of drug-likeness (QED) is 0.523. The van der Waals surface area contributed by atoms with Crippen LogP contribution in [0.25, 0.3) is 0 Å². The Morgan fingerprint density at radius 2 is 1.71 bits per heavy atom. The molecule has 1 saturated heterocycles. The van der Waals surface area contributed by atoms with E-state index in [1.807, 2.05) is 35.2 Å². The number of nitriles is 1. The van der Waals surface area contributed by atoms with Crippen LogP contribution in [0.1, 0.15) is 27.5 Å². The number of benzene rings is 3. The molecule has 3 aromatic carbocycles. The summed E-state index contributed by atoms with van der Waals surface area (Å²) in [7, 11) is 1.55. The van der Waals surface area contributed by atoms with E-state index < -0.39 is 6.04 Å². The summed E-state index contributed by atoms with van der Waals surface area (Å²) < 4.78 is 24.6. The van der Waals surface area contributed by atoms with Crippen molar-refractivity contribution in [3.05, 3.63) is 95.3 Å². The van der Waals surface area contributed by atoms with Crippen molar-refractivity contribution in [3.8, 4) is 17.6 Å². The maximum absolute atomic E-state index is 13.2. The molecule has 0 bridgehead atoms. The topological polar surface area (TPSA) is 65.8 Å². The highest BCUT2D eigenvalue weighted by Crippen LogP contribution is 2.30. The Labute approximate surface area is 198 Å². The van der Waals surface area contributed by atoms with Crippen LogP contribution in [0.15, 0.2) is 72.8 Å². The molecule has 0 aliphatic carbocycles. The number of rotatable bonds is 7. The second-order valence-corrected chi connectivity index (χ2v) is 8.05. The fourth-order valence-electron chi connectivity index (χ4n) is 4.03.